The molecular formula is C18H21N5O2. The number of fused-ring (bicyclic) bond motifs is 1. The number of hydrogen-bond donors (Lipinski definition) is 1. The average Bonchev–Trinajstić information content (AvgIpc) is 3.30. The van der Waals surface area contributed by atoms with Crippen LogP contribution in [-0.4, -0.2) is 44.0 Å². The second-order valence-corrected chi connectivity index (χ2v) is 6.86. The van der Waals surface area contributed by atoms with Gasteiger partial charge in [0.15, 0.2) is 0 Å². The molecule has 0 spiro atoms. The van der Waals surface area contributed by atoms with Crippen LogP contribution in [0.5, 0.6) is 0 Å². The minimum Gasteiger partial charge on any atom is -0.348 e. The van der Waals surface area contributed by atoms with Gasteiger partial charge in [-0.25, -0.2) is 9.97 Å². The zero-order chi connectivity index (χ0) is 17.4. The van der Waals surface area contributed by atoms with E-state index in [4.69, 9.17) is 4.52 Å². The van der Waals surface area contributed by atoms with E-state index in [1.54, 1.807) is 12.4 Å². The average molecular weight is 339 g/mol. The molecule has 1 aliphatic rings. The van der Waals surface area contributed by atoms with Crippen LogP contribution < -0.4 is 0 Å². The zero-order valence-electron chi connectivity index (χ0n) is 14.4. The molecule has 1 aliphatic heterocycles. The Bertz CT molecular complexity index is 884. The third kappa shape index (κ3) is 2.90. The Balaban J connectivity index is 1.59. The van der Waals surface area contributed by atoms with E-state index in [9.17, 15) is 4.79 Å². The highest BCUT2D eigenvalue weighted by atomic mass is 16.5. The van der Waals surface area contributed by atoms with E-state index in [1.807, 2.05) is 31.0 Å². The Kier molecular flexibility index (Phi) is 3.99. The normalized spacial score (nSPS) is 18.2. The van der Waals surface area contributed by atoms with Gasteiger partial charge in [0.1, 0.15) is 5.82 Å². The number of aromatic nitrogens is 4. The quantitative estimate of drug-likeness (QED) is 0.792. The number of piperidine rings is 1. The largest absolute Gasteiger partial charge is 0.348 e. The molecule has 7 nitrogen and oxygen atoms in total. The molecule has 0 radical (unpaired) electrons. The van der Waals surface area contributed by atoms with Crippen molar-refractivity contribution in [3.05, 3.63) is 41.7 Å². The van der Waals surface area contributed by atoms with E-state index in [-0.39, 0.29) is 17.7 Å². The molecule has 0 aliphatic carbocycles. The van der Waals surface area contributed by atoms with Gasteiger partial charge in [0.2, 0.25) is 0 Å². The Labute approximate surface area is 145 Å². The minimum absolute atomic E-state index is 0.00145. The highest BCUT2D eigenvalue weighted by molar-refractivity contribution is 5.97. The van der Waals surface area contributed by atoms with Crippen molar-refractivity contribution < 1.29 is 9.32 Å². The summed E-state index contributed by atoms with van der Waals surface area (Å²) >= 11 is 0. The lowest BCUT2D eigenvalue weighted by Crippen LogP contribution is -2.39. The summed E-state index contributed by atoms with van der Waals surface area (Å²) in [6.07, 6.45) is 7.17. The van der Waals surface area contributed by atoms with Crippen LogP contribution in [0.4, 0.5) is 0 Å². The first kappa shape index (κ1) is 15.8. The van der Waals surface area contributed by atoms with Gasteiger partial charge >= 0.3 is 0 Å². The summed E-state index contributed by atoms with van der Waals surface area (Å²) < 4.78 is 5.26. The molecule has 3 aromatic rings. The standard InChI is InChI=1S/C18H21N5O2/c1-11(2)15-14-8-13(9-21-17(14)25-22-15)18(24)23-7-3-4-12(10-23)16-19-5-6-20-16/h5-6,8-9,11-12H,3-4,7,10H2,1-2H3,(H,19,20). The van der Waals surface area contributed by atoms with E-state index in [2.05, 4.69) is 20.1 Å². The Morgan fingerprint density at radius 2 is 2.28 bits per heavy atom. The highest BCUT2D eigenvalue weighted by Crippen LogP contribution is 2.27. The molecule has 130 valence electrons. The molecule has 1 unspecified atom stereocenters. The number of carbonyl (C=O) groups is 1. The van der Waals surface area contributed by atoms with E-state index in [1.165, 1.54) is 0 Å². The number of rotatable bonds is 3. The van der Waals surface area contributed by atoms with E-state index >= 15 is 0 Å². The van der Waals surface area contributed by atoms with Gasteiger partial charge in [0, 0.05) is 37.6 Å². The smallest absolute Gasteiger partial charge is 0.257 e. The Morgan fingerprint density at radius 1 is 1.40 bits per heavy atom. The number of carbonyl (C=O) groups excluding carboxylic acids is 1. The van der Waals surface area contributed by atoms with Gasteiger partial charge in [-0.15, -0.1) is 0 Å². The van der Waals surface area contributed by atoms with Gasteiger partial charge in [-0.1, -0.05) is 19.0 Å². The van der Waals surface area contributed by atoms with E-state index < -0.39 is 0 Å². The fourth-order valence-corrected chi connectivity index (χ4v) is 3.45. The summed E-state index contributed by atoms with van der Waals surface area (Å²) in [6, 6.07) is 1.85. The summed E-state index contributed by atoms with van der Waals surface area (Å²) in [5, 5.41) is 4.90. The molecule has 0 saturated carbocycles. The van der Waals surface area contributed by atoms with Crippen molar-refractivity contribution >= 4 is 17.0 Å². The molecule has 0 aromatic carbocycles. The second kappa shape index (κ2) is 6.31. The number of aromatic amines is 1. The lowest BCUT2D eigenvalue weighted by Gasteiger charge is -2.31. The van der Waals surface area contributed by atoms with Crippen LogP contribution in [0.15, 0.2) is 29.2 Å². The number of nitrogens with one attached hydrogen (secondary N) is 1. The maximum Gasteiger partial charge on any atom is 0.257 e. The molecule has 1 saturated heterocycles. The van der Waals surface area contributed by atoms with Gasteiger partial charge in [-0.3, -0.25) is 4.79 Å². The predicted molar refractivity (Wildman–Crippen MR) is 92.4 cm³/mol. The molecular weight excluding hydrogens is 318 g/mol. The molecule has 25 heavy (non-hydrogen) atoms. The molecule has 1 fully saturated rings. The van der Waals surface area contributed by atoms with Gasteiger partial charge in [0.25, 0.3) is 11.6 Å². The summed E-state index contributed by atoms with van der Waals surface area (Å²) in [7, 11) is 0. The molecule has 7 heteroatoms. The number of imidazole rings is 1. The van der Waals surface area contributed by atoms with E-state index in [0.717, 1.165) is 36.3 Å². The highest BCUT2D eigenvalue weighted by Gasteiger charge is 2.27. The maximum atomic E-state index is 13.0. The molecule has 3 aromatic heterocycles. The SMILES string of the molecule is CC(C)c1noc2ncc(C(=O)N3CCCC(c4ncc[nH]4)C3)cc12. The van der Waals surface area contributed by atoms with Crippen molar-refractivity contribution in [2.45, 2.75) is 38.5 Å². The first-order chi connectivity index (χ1) is 12.1. The third-order valence-electron chi connectivity index (χ3n) is 4.77. The van der Waals surface area contributed by atoms with Crippen LogP contribution >= 0.6 is 0 Å². The van der Waals surface area contributed by atoms with Gasteiger partial charge in [-0.05, 0) is 24.8 Å². The first-order valence-corrected chi connectivity index (χ1v) is 8.67. The summed E-state index contributed by atoms with van der Waals surface area (Å²) in [4.78, 5) is 26.6. The third-order valence-corrected chi connectivity index (χ3v) is 4.77. The zero-order valence-corrected chi connectivity index (χ0v) is 14.4. The van der Waals surface area contributed by atoms with Crippen LogP contribution in [-0.2, 0) is 0 Å². The van der Waals surface area contributed by atoms with Crippen molar-refractivity contribution in [3.63, 3.8) is 0 Å². The number of nitrogens with zero attached hydrogens (tertiary/aromatic N) is 4. The predicted octanol–water partition coefficient (Wildman–Crippen LogP) is 3.09. The van der Waals surface area contributed by atoms with Crippen molar-refractivity contribution in [1.29, 1.82) is 0 Å². The molecule has 4 rings (SSSR count). The minimum atomic E-state index is 0.00145. The maximum absolute atomic E-state index is 13.0. The number of likely N-dealkylation sites (tertiary alicyclic amines) is 1. The second-order valence-electron chi connectivity index (χ2n) is 6.86. The molecule has 4 heterocycles. The Morgan fingerprint density at radius 3 is 3.04 bits per heavy atom. The molecule has 0 bridgehead atoms. The number of pyridine rings is 1. The lowest BCUT2D eigenvalue weighted by atomic mass is 9.96. The van der Waals surface area contributed by atoms with Crippen molar-refractivity contribution in [2.24, 2.45) is 0 Å². The van der Waals surface area contributed by atoms with Crippen LogP contribution in [0.3, 0.4) is 0 Å². The van der Waals surface area contributed by atoms with Crippen molar-refractivity contribution in [1.82, 2.24) is 25.0 Å². The van der Waals surface area contributed by atoms with Gasteiger partial charge in [0.05, 0.1) is 16.6 Å². The van der Waals surface area contributed by atoms with Gasteiger partial charge < -0.3 is 14.4 Å². The number of H-pyrrole nitrogens is 1. The fraction of sp³-hybridized carbons (Fsp3) is 0.444. The van der Waals surface area contributed by atoms with Crippen molar-refractivity contribution in [2.75, 3.05) is 13.1 Å². The number of hydrogen-bond acceptors (Lipinski definition) is 5. The monoisotopic (exact) mass is 339 g/mol. The van der Waals surface area contributed by atoms with Crippen LogP contribution in [0.25, 0.3) is 11.1 Å². The first-order valence-electron chi connectivity index (χ1n) is 8.67. The van der Waals surface area contributed by atoms with Crippen molar-refractivity contribution in [3.8, 4) is 0 Å². The topological polar surface area (TPSA) is 87.9 Å². The fourth-order valence-electron chi connectivity index (χ4n) is 3.45. The summed E-state index contributed by atoms with van der Waals surface area (Å²) in [5.74, 6) is 1.42. The molecule has 1 atom stereocenters. The summed E-state index contributed by atoms with van der Waals surface area (Å²) in [5.41, 5.74) is 1.90. The van der Waals surface area contributed by atoms with E-state index in [0.29, 0.717) is 17.8 Å². The van der Waals surface area contributed by atoms with Gasteiger partial charge in [-0.2, -0.15) is 0 Å². The molecule has 1 N–H and O–H groups in total. The number of amides is 1. The van der Waals surface area contributed by atoms with Crippen LogP contribution in [0, 0.1) is 0 Å². The molecule has 1 amide bonds. The summed E-state index contributed by atoms with van der Waals surface area (Å²) in [6.45, 7) is 5.52. The van der Waals surface area contributed by atoms with Crippen LogP contribution in [0.1, 0.15) is 60.4 Å². The Hall–Kier alpha value is -2.70. The van der Waals surface area contributed by atoms with Crippen LogP contribution in [0.2, 0.25) is 0 Å². The lowest BCUT2D eigenvalue weighted by molar-refractivity contribution is 0.0704.